The van der Waals surface area contributed by atoms with Crippen molar-refractivity contribution in [3.8, 4) is 0 Å². The molecule has 0 radical (unpaired) electrons. The molecule has 5 heteroatoms. The average molecular weight is 315 g/mol. The van der Waals surface area contributed by atoms with Crippen molar-refractivity contribution in [3.05, 3.63) is 30.1 Å². The van der Waals surface area contributed by atoms with Crippen LogP contribution in [0.5, 0.6) is 0 Å². The fraction of sp³-hybridized carbons (Fsp3) is 0.556. The van der Waals surface area contributed by atoms with Crippen LogP contribution in [0.2, 0.25) is 0 Å². The molecule has 2 heterocycles. The van der Waals surface area contributed by atoms with Crippen LogP contribution in [-0.2, 0) is 23.0 Å². The zero-order chi connectivity index (χ0) is 16.1. The van der Waals surface area contributed by atoms with Gasteiger partial charge in [-0.25, -0.2) is 4.98 Å². The van der Waals surface area contributed by atoms with E-state index < -0.39 is 0 Å². The lowest BCUT2D eigenvalue weighted by molar-refractivity contribution is -0.130. The molecule has 1 aromatic heterocycles. The van der Waals surface area contributed by atoms with Crippen molar-refractivity contribution in [1.82, 2.24) is 14.9 Å². The number of nitrogens with one attached hydrogen (secondary N) is 1. The van der Waals surface area contributed by atoms with Gasteiger partial charge >= 0.3 is 0 Å². The van der Waals surface area contributed by atoms with Gasteiger partial charge in [0, 0.05) is 26.6 Å². The molecule has 5 nitrogen and oxygen atoms in total. The molecule has 1 saturated heterocycles. The van der Waals surface area contributed by atoms with Crippen molar-refractivity contribution in [1.29, 1.82) is 0 Å². The molecule has 1 aromatic carbocycles. The number of nitrogens with zero attached hydrogens (tertiary/aromatic N) is 2. The predicted molar refractivity (Wildman–Crippen MR) is 90.3 cm³/mol. The lowest BCUT2D eigenvalue weighted by Crippen LogP contribution is -2.34. The van der Waals surface area contributed by atoms with Crippen molar-refractivity contribution in [2.45, 2.75) is 44.6 Å². The van der Waals surface area contributed by atoms with Gasteiger partial charge in [-0.2, -0.15) is 0 Å². The number of amides is 1. The quantitative estimate of drug-likeness (QED) is 0.799. The van der Waals surface area contributed by atoms with Gasteiger partial charge in [0.05, 0.1) is 11.0 Å². The Labute approximate surface area is 137 Å². The van der Waals surface area contributed by atoms with E-state index in [1.54, 1.807) is 0 Å². The fourth-order valence-corrected chi connectivity index (χ4v) is 3.11. The predicted octanol–water partition coefficient (Wildman–Crippen LogP) is 2.58. The SMILES string of the molecule is Cn1c(CCCCCNC(=O)C2CCCO2)nc2ccccc21. The first-order valence-corrected chi connectivity index (χ1v) is 8.55. The highest BCUT2D eigenvalue weighted by Gasteiger charge is 2.22. The lowest BCUT2D eigenvalue weighted by atomic mass is 10.2. The van der Waals surface area contributed by atoms with Gasteiger partial charge < -0.3 is 14.6 Å². The van der Waals surface area contributed by atoms with Crippen molar-refractivity contribution in [2.75, 3.05) is 13.2 Å². The van der Waals surface area contributed by atoms with Crippen LogP contribution in [0, 0.1) is 0 Å². The average Bonchev–Trinajstić information content (AvgIpc) is 3.20. The summed E-state index contributed by atoms with van der Waals surface area (Å²) in [6.45, 7) is 1.46. The van der Waals surface area contributed by atoms with Crippen molar-refractivity contribution >= 4 is 16.9 Å². The van der Waals surface area contributed by atoms with Gasteiger partial charge in [-0.05, 0) is 37.8 Å². The van der Waals surface area contributed by atoms with E-state index in [-0.39, 0.29) is 12.0 Å². The Morgan fingerprint density at radius 1 is 1.35 bits per heavy atom. The molecule has 0 aliphatic carbocycles. The van der Waals surface area contributed by atoms with Crippen LogP contribution < -0.4 is 5.32 Å². The number of rotatable bonds is 7. The van der Waals surface area contributed by atoms with E-state index in [1.807, 2.05) is 12.1 Å². The second-order valence-corrected chi connectivity index (χ2v) is 6.18. The minimum absolute atomic E-state index is 0.0536. The molecule has 1 aliphatic heterocycles. The Morgan fingerprint density at radius 2 is 2.22 bits per heavy atom. The summed E-state index contributed by atoms with van der Waals surface area (Å²) in [6, 6.07) is 8.23. The van der Waals surface area contributed by atoms with E-state index in [2.05, 4.69) is 34.0 Å². The van der Waals surface area contributed by atoms with Crippen LogP contribution in [-0.4, -0.2) is 34.7 Å². The van der Waals surface area contributed by atoms with Crippen LogP contribution >= 0.6 is 0 Å². The molecular formula is C18H25N3O2. The van der Waals surface area contributed by atoms with Crippen LogP contribution in [0.25, 0.3) is 11.0 Å². The van der Waals surface area contributed by atoms with Gasteiger partial charge in [-0.1, -0.05) is 18.6 Å². The van der Waals surface area contributed by atoms with Crippen LogP contribution in [0.4, 0.5) is 0 Å². The number of aromatic nitrogens is 2. The standard InChI is InChI=1S/C18H25N3O2/c1-21-15-9-5-4-8-14(15)20-17(21)11-3-2-6-12-19-18(22)16-10-7-13-23-16/h4-5,8-9,16H,2-3,6-7,10-13H2,1H3,(H,19,22). The lowest BCUT2D eigenvalue weighted by Gasteiger charge is -2.10. The summed E-state index contributed by atoms with van der Waals surface area (Å²) < 4.78 is 7.54. The highest BCUT2D eigenvalue weighted by Crippen LogP contribution is 2.16. The number of carbonyl (C=O) groups is 1. The van der Waals surface area contributed by atoms with Crippen molar-refractivity contribution < 1.29 is 9.53 Å². The molecule has 124 valence electrons. The molecule has 1 unspecified atom stereocenters. The highest BCUT2D eigenvalue weighted by atomic mass is 16.5. The zero-order valence-corrected chi connectivity index (χ0v) is 13.8. The monoisotopic (exact) mass is 315 g/mol. The van der Waals surface area contributed by atoms with E-state index in [9.17, 15) is 4.79 Å². The highest BCUT2D eigenvalue weighted by molar-refractivity contribution is 5.80. The first kappa shape index (κ1) is 16.0. The molecule has 1 fully saturated rings. The van der Waals surface area contributed by atoms with E-state index in [0.717, 1.165) is 63.0 Å². The summed E-state index contributed by atoms with van der Waals surface area (Å²) >= 11 is 0. The second kappa shape index (κ2) is 7.59. The van der Waals surface area contributed by atoms with Crippen molar-refractivity contribution in [3.63, 3.8) is 0 Å². The molecule has 3 rings (SSSR count). The van der Waals surface area contributed by atoms with Gasteiger partial charge in [-0.15, -0.1) is 0 Å². The van der Waals surface area contributed by atoms with Gasteiger partial charge in [-0.3, -0.25) is 4.79 Å². The normalized spacial score (nSPS) is 17.7. The van der Waals surface area contributed by atoms with E-state index in [1.165, 1.54) is 5.52 Å². The number of imidazole rings is 1. The number of para-hydroxylation sites is 2. The number of fused-ring (bicyclic) bond motifs is 1. The fourth-order valence-electron chi connectivity index (χ4n) is 3.11. The molecule has 1 aliphatic rings. The van der Waals surface area contributed by atoms with Gasteiger partial charge in [0.15, 0.2) is 0 Å². The first-order valence-electron chi connectivity index (χ1n) is 8.55. The van der Waals surface area contributed by atoms with Crippen LogP contribution in [0.1, 0.15) is 37.9 Å². The first-order chi connectivity index (χ1) is 11.3. The molecule has 1 amide bonds. The van der Waals surface area contributed by atoms with Crippen LogP contribution in [0.3, 0.4) is 0 Å². The number of hydrogen-bond donors (Lipinski definition) is 1. The zero-order valence-electron chi connectivity index (χ0n) is 13.8. The molecule has 0 bridgehead atoms. The third-order valence-electron chi connectivity index (χ3n) is 4.48. The van der Waals surface area contributed by atoms with E-state index >= 15 is 0 Å². The van der Waals surface area contributed by atoms with E-state index in [0.29, 0.717) is 0 Å². The minimum Gasteiger partial charge on any atom is -0.368 e. The molecule has 1 atom stereocenters. The summed E-state index contributed by atoms with van der Waals surface area (Å²) in [5.41, 5.74) is 2.25. The third-order valence-corrected chi connectivity index (χ3v) is 4.48. The second-order valence-electron chi connectivity index (χ2n) is 6.18. The van der Waals surface area contributed by atoms with Gasteiger partial charge in [0.25, 0.3) is 0 Å². The molecule has 1 N–H and O–H groups in total. The van der Waals surface area contributed by atoms with E-state index in [4.69, 9.17) is 4.74 Å². The van der Waals surface area contributed by atoms with Crippen molar-refractivity contribution in [2.24, 2.45) is 7.05 Å². The van der Waals surface area contributed by atoms with Gasteiger partial charge in [0.2, 0.25) is 5.91 Å². The Hall–Kier alpha value is -1.88. The maximum absolute atomic E-state index is 11.8. The maximum atomic E-state index is 11.8. The summed E-state index contributed by atoms with van der Waals surface area (Å²) in [5.74, 6) is 1.19. The third kappa shape index (κ3) is 3.91. The number of benzene rings is 1. The molecular weight excluding hydrogens is 290 g/mol. The molecule has 0 saturated carbocycles. The Morgan fingerprint density at radius 3 is 3.00 bits per heavy atom. The minimum atomic E-state index is -0.213. The molecule has 0 spiro atoms. The summed E-state index contributed by atoms with van der Waals surface area (Å²) in [7, 11) is 2.08. The molecule has 2 aromatic rings. The maximum Gasteiger partial charge on any atom is 0.249 e. The van der Waals surface area contributed by atoms with Crippen LogP contribution in [0.15, 0.2) is 24.3 Å². The number of hydrogen-bond acceptors (Lipinski definition) is 3. The number of ether oxygens (including phenoxy) is 1. The summed E-state index contributed by atoms with van der Waals surface area (Å²) in [5, 5.41) is 2.97. The molecule has 23 heavy (non-hydrogen) atoms. The summed E-state index contributed by atoms with van der Waals surface area (Å²) in [4.78, 5) is 16.5. The largest absolute Gasteiger partial charge is 0.368 e. The Bertz CT molecular complexity index is 659. The Kier molecular flexibility index (Phi) is 5.28. The smallest absolute Gasteiger partial charge is 0.249 e. The number of unbranched alkanes of at least 4 members (excludes halogenated alkanes) is 2. The van der Waals surface area contributed by atoms with Gasteiger partial charge in [0.1, 0.15) is 11.9 Å². The topological polar surface area (TPSA) is 56.2 Å². The Balaban J connectivity index is 1.36. The summed E-state index contributed by atoms with van der Waals surface area (Å²) in [6.07, 6.45) is 5.80. The number of carbonyl (C=O) groups excluding carboxylic acids is 1. The number of aryl methyl sites for hydroxylation is 2.